The number of halogens is 1. The van der Waals surface area contributed by atoms with Crippen LogP contribution in [0.4, 0.5) is 0 Å². The van der Waals surface area contributed by atoms with Gasteiger partial charge < -0.3 is 9.47 Å². The minimum atomic E-state index is -3.55. The Morgan fingerprint density at radius 1 is 1.00 bits per heavy atom. The summed E-state index contributed by atoms with van der Waals surface area (Å²) in [6, 6.07) is 11.3. The van der Waals surface area contributed by atoms with Gasteiger partial charge in [-0.05, 0) is 34.1 Å². The first kappa shape index (κ1) is 18.8. The molecule has 0 aliphatic carbocycles. The maximum absolute atomic E-state index is 12.6. The first-order valence-corrected chi connectivity index (χ1v) is 10.3. The molecule has 1 aromatic heterocycles. The molecular weight excluding hydrogens is 422 g/mol. The van der Waals surface area contributed by atoms with Crippen LogP contribution in [0, 0.1) is 0 Å². The summed E-state index contributed by atoms with van der Waals surface area (Å²) < 4.78 is 28.6. The van der Waals surface area contributed by atoms with Gasteiger partial charge in [-0.25, -0.2) is 8.42 Å². The second-order valence-electron chi connectivity index (χ2n) is 5.91. The predicted octanol–water partition coefficient (Wildman–Crippen LogP) is 1.14. The number of hydrogen-bond acceptors (Lipinski definition) is 4. The van der Waals surface area contributed by atoms with Crippen LogP contribution >= 0.6 is 15.9 Å². The van der Waals surface area contributed by atoms with Gasteiger partial charge in [0.25, 0.3) is 5.56 Å². The molecule has 0 saturated carbocycles. The summed E-state index contributed by atoms with van der Waals surface area (Å²) in [7, 11) is -3.55. The number of carbonyl (C=O) groups excluding carboxylic acids is 1. The van der Waals surface area contributed by atoms with Crippen molar-refractivity contribution in [3.63, 3.8) is 0 Å². The third-order valence-electron chi connectivity index (χ3n) is 4.23. The topological polar surface area (TPSA) is 79.7 Å². The number of pyridine rings is 1. The van der Waals surface area contributed by atoms with Gasteiger partial charge in [-0.1, -0.05) is 18.2 Å². The van der Waals surface area contributed by atoms with Crippen LogP contribution in [-0.2, 0) is 21.4 Å². The van der Waals surface area contributed by atoms with Crippen molar-refractivity contribution in [2.45, 2.75) is 11.4 Å². The second-order valence-corrected chi connectivity index (χ2v) is 8.76. The number of benzene rings is 1. The Bertz CT molecular complexity index is 951. The fourth-order valence-electron chi connectivity index (χ4n) is 2.79. The molecule has 1 amide bonds. The Morgan fingerprint density at radius 3 is 2.31 bits per heavy atom. The van der Waals surface area contributed by atoms with Crippen molar-refractivity contribution in [2.75, 3.05) is 26.2 Å². The van der Waals surface area contributed by atoms with Gasteiger partial charge in [0, 0.05) is 42.9 Å². The first-order chi connectivity index (χ1) is 12.4. The highest BCUT2D eigenvalue weighted by Crippen LogP contribution is 2.17. The number of aromatic nitrogens is 1. The summed E-state index contributed by atoms with van der Waals surface area (Å²) >= 11 is 3.28. The summed E-state index contributed by atoms with van der Waals surface area (Å²) in [5, 5.41) is 0. The fraction of sp³-hybridized carbons (Fsp3) is 0.294. The van der Waals surface area contributed by atoms with E-state index in [0.29, 0.717) is 17.6 Å². The van der Waals surface area contributed by atoms with Crippen LogP contribution in [0.1, 0.15) is 0 Å². The molecule has 26 heavy (non-hydrogen) atoms. The smallest absolute Gasteiger partial charge is 0.251 e. The SMILES string of the molecule is O=C(Cn1cc(Br)ccc1=O)N1CCN(S(=O)(=O)c2ccccc2)CC1. The molecule has 1 aliphatic rings. The molecule has 2 aromatic rings. The van der Waals surface area contributed by atoms with Crippen LogP contribution < -0.4 is 5.56 Å². The Labute approximate surface area is 160 Å². The van der Waals surface area contributed by atoms with Crippen molar-refractivity contribution in [1.82, 2.24) is 13.8 Å². The standard InChI is InChI=1S/C17H18BrN3O4S/c18-14-6-7-16(22)20(12-14)13-17(23)19-8-10-21(11-9-19)26(24,25)15-4-2-1-3-5-15/h1-7,12H,8-11,13H2. The Kier molecular flexibility index (Phi) is 5.59. The monoisotopic (exact) mass is 439 g/mol. The molecule has 0 bridgehead atoms. The Hall–Kier alpha value is -1.97. The lowest BCUT2D eigenvalue weighted by Crippen LogP contribution is -2.51. The van der Waals surface area contributed by atoms with Gasteiger partial charge in [-0.15, -0.1) is 0 Å². The van der Waals surface area contributed by atoms with E-state index in [1.54, 1.807) is 47.5 Å². The van der Waals surface area contributed by atoms with Crippen molar-refractivity contribution >= 4 is 31.9 Å². The normalized spacial score (nSPS) is 15.8. The van der Waals surface area contributed by atoms with Crippen LogP contribution in [0.25, 0.3) is 0 Å². The molecule has 0 atom stereocenters. The van der Waals surface area contributed by atoms with Gasteiger partial charge in [0.1, 0.15) is 6.54 Å². The first-order valence-electron chi connectivity index (χ1n) is 8.07. The number of sulfonamides is 1. The molecule has 1 aliphatic heterocycles. The third kappa shape index (κ3) is 4.05. The van der Waals surface area contributed by atoms with E-state index in [2.05, 4.69) is 15.9 Å². The number of hydrogen-bond donors (Lipinski definition) is 0. The summed E-state index contributed by atoms with van der Waals surface area (Å²) in [6.07, 6.45) is 1.57. The summed E-state index contributed by atoms with van der Waals surface area (Å²) in [5.74, 6) is -0.207. The van der Waals surface area contributed by atoms with Gasteiger partial charge in [0.2, 0.25) is 15.9 Å². The third-order valence-corrected chi connectivity index (χ3v) is 6.61. The molecule has 0 spiro atoms. The molecule has 1 fully saturated rings. The lowest BCUT2D eigenvalue weighted by atomic mass is 10.3. The van der Waals surface area contributed by atoms with Crippen LogP contribution in [0.15, 0.2) is 62.8 Å². The number of rotatable bonds is 4. The minimum absolute atomic E-state index is 0.0658. The Morgan fingerprint density at radius 2 is 1.65 bits per heavy atom. The maximum Gasteiger partial charge on any atom is 0.251 e. The minimum Gasteiger partial charge on any atom is -0.339 e. The molecule has 0 unspecified atom stereocenters. The average Bonchev–Trinajstić information content (AvgIpc) is 2.65. The van der Waals surface area contributed by atoms with Crippen LogP contribution in [0.2, 0.25) is 0 Å². The molecular formula is C17H18BrN3O4S. The lowest BCUT2D eigenvalue weighted by molar-refractivity contribution is -0.133. The molecule has 138 valence electrons. The van der Waals surface area contributed by atoms with Gasteiger partial charge >= 0.3 is 0 Å². The number of carbonyl (C=O) groups is 1. The molecule has 1 saturated heterocycles. The zero-order chi connectivity index (χ0) is 18.7. The predicted molar refractivity (Wildman–Crippen MR) is 100 cm³/mol. The summed E-state index contributed by atoms with van der Waals surface area (Å²) in [5.41, 5.74) is -0.258. The van der Waals surface area contributed by atoms with Crippen LogP contribution in [0.3, 0.4) is 0 Å². The average molecular weight is 440 g/mol. The van der Waals surface area contributed by atoms with Gasteiger partial charge in [0.15, 0.2) is 0 Å². The van der Waals surface area contributed by atoms with Crippen LogP contribution in [0.5, 0.6) is 0 Å². The lowest BCUT2D eigenvalue weighted by Gasteiger charge is -2.34. The molecule has 1 aromatic carbocycles. The highest BCUT2D eigenvalue weighted by Gasteiger charge is 2.29. The van der Waals surface area contributed by atoms with E-state index >= 15 is 0 Å². The molecule has 0 radical (unpaired) electrons. The van der Waals surface area contributed by atoms with E-state index in [9.17, 15) is 18.0 Å². The van der Waals surface area contributed by atoms with Gasteiger partial charge in [-0.3, -0.25) is 9.59 Å². The maximum atomic E-state index is 12.6. The number of amides is 1. The van der Waals surface area contributed by atoms with Crippen molar-refractivity contribution < 1.29 is 13.2 Å². The van der Waals surface area contributed by atoms with E-state index in [0.717, 1.165) is 0 Å². The number of nitrogens with zero attached hydrogens (tertiary/aromatic N) is 3. The van der Waals surface area contributed by atoms with Crippen molar-refractivity contribution in [3.8, 4) is 0 Å². The van der Waals surface area contributed by atoms with E-state index in [1.807, 2.05) is 0 Å². The molecule has 9 heteroatoms. The van der Waals surface area contributed by atoms with Crippen molar-refractivity contribution in [2.24, 2.45) is 0 Å². The molecule has 7 nitrogen and oxygen atoms in total. The Balaban J connectivity index is 1.64. The quantitative estimate of drug-likeness (QED) is 0.715. The van der Waals surface area contributed by atoms with E-state index < -0.39 is 10.0 Å². The zero-order valence-electron chi connectivity index (χ0n) is 13.9. The molecule has 0 N–H and O–H groups in total. The highest BCUT2D eigenvalue weighted by atomic mass is 79.9. The van der Waals surface area contributed by atoms with Gasteiger partial charge in [0.05, 0.1) is 4.90 Å². The van der Waals surface area contributed by atoms with E-state index in [-0.39, 0.29) is 36.0 Å². The summed E-state index contributed by atoms with van der Waals surface area (Å²) in [4.78, 5) is 26.1. The van der Waals surface area contributed by atoms with Gasteiger partial charge in [-0.2, -0.15) is 4.31 Å². The largest absolute Gasteiger partial charge is 0.339 e. The van der Waals surface area contributed by atoms with Crippen LogP contribution in [-0.4, -0.2) is 54.3 Å². The second kappa shape index (κ2) is 7.73. The molecule has 3 rings (SSSR count). The van der Waals surface area contributed by atoms with E-state index in [4.69, 9.17) is 0 Å². The highest BCUT2D eigenvalue weighted by molar-refractivity contribution is 9.10. The fourth-order valence-corrected chi connectivity index (χ4v) is 4.61. The van der Waals surface area contributed by atoms with E-state index in [1.165, 1.54) is 14.9 Å². The summed E-state index contributed by atoms with van der Waals surface area (Å²) in [6.45, 7) is 0.998. The van der Waals surface area contributed by atoms with Crippen molar-refractivity contribution in [3.05, 3.63) is 63.5 Å². The van der Waals surface area contributed by atoms with Crippen molar-refractivity contribution in [1.29, 1.82) is 0 Å². The molecule has 2 heterocycles. The zero-order valence-corrected chi connectivity index (χ0v) is 16.3. The number of piperazine rings is 1.